The van der Waals surface area contributed by atoms with Crippen LogP contribution in [0.5, 0.6) is 0 Å². The van der Waals surface area contributed by atoms with Gasteiger partial charge in [0, 0.05) is 9.99 Å². The van der Waals surface area contributed by atoms with Gasteiger partial charge in [-0.3, -0.25) is 0 Å². The average Bonchev–Trinajstić information content (AvgIpc) is 2.81. The molecule has 2 N–H and O–H groups in total. The Labute approximate surface area is 115 Å². The summed E-state index contributed by atoms with van der Waals surface area (Å²) in [6.45, 7) is 2.08. The van der Waals surface area contributed by atoms with Gasteiger partial charge in [-0.1, -0.05) is 19.1 Å². The maximum Gasteiger partial charge on any atom is 0.121 e. The van der Waals surface area contributed by atoms with Crippen LogP contribution in [0.25, 0.3) is 0 Å². The second-order valence-electron chi connectivity index (χ2n) is 4.09. The lowest BCUT2D eigenvalue weighted by Gasteiger charge is -2.08. The van der Waals surface area contributed by atoms with E-state index in [1.54, 1.807) is 0 Å². The minimum Gasteiger partial charge on any atom is -0.464 e. The van der Waals surface area contributed by atoms with Crippen molar-refractivity contribution in [3.8, 4) is 0 Å². The first-order valence-corrected chi connectivity index (χ1v) is 6.85. The molecule has 0 amide bonds. The Morgan fingerprint density at radius 3 is 2.47 bits per heavy atom. The van der Waals surface area contributed by atoms with Gasteiger partial charge in [0.1, 0.15) is 11.5 Å². The largest absolute Gasteiger partial charge is 0.464 e. The third-order valence-electron chi connectivity index (χ3n) is 2.77. The summed E-state index contributed by atoms with van der Waals surface area (Å²) in [5, 5.41) is 0. The fraction of sp³-hybridized carbons (Fsp3) is 0.286. The molecule has 0 saturated carbocycles. The van der Waals surface area contributed by atoms with E-state index < -0.39 is 0 Å². The molecule has 0 saturated heterocycles. The highest BCUT2D eigenvalue weighted by Crippen LogP contribution is 2.19. The fourth-order valence-electron chi connectivity index (χ4n) is 1.76. The zero-order valence-electron chi connectivity index (χ0n) is 9.82. The van der Waals surface area contributed by atoms with Gasteiger partial charge >= 0.3 is 0 Å². The van der Waals surface area contributed by atoms with Crippen molar-refractivity contribution in [1.29, 1.82) is 0 Å². The summed E-state index contributed by atoms with van der Waals surface area (Å²) < 4.78 is 6.91. The van der Waals surface area contributed by atoms with Crippen LogP contribution in [0.4, 0.5) is 0 Å². The number of aryl methyl sites for hydroxylation is 1. The molecule has 0 spiro atoms. The zero-order valence-corrected chi connectivity index (χ0v) is 12.0. The molecule has 2 aromatic rings. The Bertz CT molecular complexity index is 475. The molecule has 2 nitrogen and oxygen atoms in total. The van der Waals surface area contributed by atoms with E-state index in [2.05, 4.69) is 53.8 Å². The van der Waals surface area contributed by atoms with Crippen molar-refractivity contribution in [3.05, 3.63) is 57.1 Å². The summed E-state index contributed by atoms with van der Waals surface area (Å²) in [6, 6.07) is 12.4. The average molecular weight is 341 g/mol. The lowest BCUT2D eigenvalue weighted by molar-refractivity contribution is 0.434. The van der Waals surface area contributed by atoms with Gasteiger partial charge in [-0.05, 0) is 58.8 Å². The Kier molecular flexibility index (Phi) is 4.23. The number of halogens is 1. The molecule has 0 aliphatic carbocycles. The SMILES string of the molecule is CCc1ccc(C(N)Cc2ccc(I)cc2)o1. The van der Waals surface area contributed by atoms with E-state index >= 15 is 0 Å². The molecule has 0 fully saturated rings. The molecule has 0 radical (unpaired) electrons. The number of furan rings is 1. The van der Waals surface area contributed by atoms with Crippen LogP contribution in [0.3, 0.4) is 0 Å². The van der Waals surface area contributed by atoms with Gasteiger partial charge in [0.25, 0.3) is 0 Å². The molecule has 1 heterocycles. The van der Waals surface area contributed by atoms with Crippen LogP contribution in [0, 0.1) is 3.57 Å². The van der Waals surface area contributed by atoms with E-state index in [4.69, 9.17) is 10.2 Å². The molecular formula is C14H16INO. The van der Waals surface area contributed by atoms with E-state index in [1.807, 2.05) is 12.1 Å². The van der Waals surface area contributed by atoms with Crippen LogP contribution in [0.2, 0.25) is 0 Å². The van der Waals surface area contributed by atoms with Gasteiger partial charge in [0.15, 0.2) is 0 Å². The van der Waals surface area contributed by atoms with Crippen molar-refractivity contribution in [2.24, 2.45) is 5.73 Å². The maximum absolute atomic E-state index is 6.14. The minimum absolute atomic E-state index is 0.0599. The molecule has 17 heavy (non-hydrogen) atoms. The summed E-state index contributed by atoms with van der Waals surface area (Å²) in [5.41, 5.74) is 7.38. The van der Waals surface area contributed by atoms with E-state index in [1.165, 1.54) is 9.13 Å². The van der Waals surface area contributed by atoms with E-state index in [0.29, 0.717) is 0 Å². The highest BCUT2D eigenvalue weighted by Gasteiger charge is 2.11. The molecule has 90 valence electrons. The molecule has 1 aromatic heterocycles. The first-order valence-electron chi connectivity index (χ1n) is 5.77. The van der Waals surface area contributed by atoms with Crippen molar-refractivity contribution in [2.75, 3.05) is 0 Å². The number of benzene rings is 1. The molecule has 0 aliphatic heterocycles. The first kappa shape index (κ1) is 12.6. The van der Waals surface area contributed by atoms with Crippen molar-refractivity contribution in [2.45, 2.75) is 25.8 Å². The standard InChI is InChI=1S/C14H16INO/c1-2-12-7-8-14(17-12)13(16)9-10-3-5-11(15)6-4-10/h3-8,13H,2,9,16H2,1H3. The van der Waals surface area contributed by atoms with Gasteiger partial charge in [0.2, 0.25) is 0 Å². The third-order valence-corrected chi connectivity index (χ3v) is 3.48. The number of nitrogens with two attached hydrogens (primary N) is 1. The second-order valence-corrected chi connectivity index (χ2v) is 5.34. The van der Waals surface area contributed by atoms with Gasteiger partial charge in [-0.25, -0.2) is 0 Å². The topological polar surface area (TPSA) is 39.2 Å². The van der Waals surface area contributed by atoms with E-state index in [9.17, 15) is 0 Å². The quantitative estimate of drug-likeness (QED) is 0.862. The van der Waals surface area contributed by atoms with E-state index in [0.717, 1.165) is 24.4 Å². The van der Waals surface area contributed by atoms with Gasteiger partial charge in [-0.15, -0.1) is 0 Å². The van der Waals surface area contributed by atoms with Crippen LogP contribution in [-0.4, -0.2) is 0 Å². The summed E-state index contributed by atoms with van der Waals surface area (Å²) >= 11 is 2.30. The first-order chi connectivity index (χ1) is 8.19. The highest BCUT2D eigenvalue weighted by molar-refractivity contribution is 14.1. The fourth-order valence-corrected chi connectivity index (χ4v) is 2.12. The minimum atomic E-state index is -0.0599. The molecular weight excluding hydrogens is 325 g/mol. The van der Waals surface area contributed by atoms with Crippen LogP contribution in [0.1, 0.15) is 30.0 Å². The molecule has 0 bridgehead atoms. The zero-order chi connectivity index (χ0) is 12.3. The monoisotopic (exact) mass is 341 g/mol. The Morgan fingerprint density at radius 1 is 1.18 bits per heavy atom. The summed E-state index contributed by atoms with van der Waals surface area (Å²) in [7, 11) is 0. The lowest BCUT2D eigenvalue weighted by atomic mass is 10.1. The van der Waals surface area contributed by atoms with Crippen molar-refractivity contribution in [1.82, 2.24) is 0 Å². The molecule has 2 rings (SSSR count). The Balaban J connectivity index is 2.05. The summed E-state index contributed by atoms with van der Waals surface area (Å²) in [4.78, 5) is 0. The van der Waals surface area contributed by atoms with E-state index in [-0.39, 0.29) is 6.04 Å². The summed E-state index contributed by atoms with van der Waals surface area (Å²) in [5.74, 6) is 1.87. The van der Waals surface area contributed by atoms with Crippen LogP contribution < -0.4 is 5.73 Å². The molecule has 1 aromatic carbocycles. The molecule has 3 heteroatoms. The van der Waals surface area contributed by atoms with Crippen molar-refractivity contribution < 1.29 is 4.42 Å². The maximum atomic E-state index is 6.14. The van der Waals surface area contributed by atoms with Crippen LogP contribution >= 0.6 is 22.6 Å². The normalized spacial score (nSPS) is 12.6. The number of rotatable bonds is 4. The van der Waals surface area contributed by atoms with Crippen molar-refractivity contribution >= 4 is 22.6 Å². The third kappa shape index (κ3) is 3.33. The predicted octanol–water partition coefficient (Wildman–Crippen LogP) is 3.69. The Hall–Kier alpha value is -0.810. The highest BCUT2D eigenvalue weighted by atomic mass is 127. The van der Waals surface area contributed by atoms with Crippen LogP contribution in [-0.2, 0) is 12.8 Å². The van der Waals surface area contributed by atoms with Gasteiger partial charge < -0.3 is 10.2 Å². The molecule has 1 atom stereocenters. The lowest BCUT2D eigenvalue weighted by Crippen LogP contribution is -2.12. The van der Waals surface area contributed by atoms with Crippen LogP contribution in [0.15, 0.2) is 40.8 Å². The molecule has 1 unspecified atom stereocenters. The number of hydrogen-bond acceptors (Lipinski definition) is 2. The van der Waals surface area contributed by atoms with Gasteiger partial charge in [0.05, 0.1) is 6.04 Å². The second kappa shape index (κ2) is 5.69. The predicted molar refractivity (Wildman–Crippen MR) is 77.9 cm³/mol. The number of hydrogen-bond donors (Lipinski definition) is 1. The van der Waals surface area contributed by atoms with Gasteiger partial charge in [-0.2, -0.15) is 0 Å². The Morgan fingerprint density at radius 2 is 1.88 bits per heavy atom. The van der Waals surface area contributed by atoms with Crippen molar-refractivity contribution in [3.63, 3.8) is 0 Å². The summed E-state index contributed by atoms with van der Waals surface area (Å²) in [6.07, 6.45) is 1.73. The smallest absolute Gasteiger partial charge is 0.121 e. The molecule has 0 aliphatic rings.